The van der Waals surface area contributed by atoms with Crippen molar-refractivity contribution in [3.05, 3.63) is 72.4 Å². The van der Waals surface area contributed by atoms with Gasteiger partial charge in [-0.1, -0.05) is 0 Å². The summed E-state index contributed by atoms with van der Waals surface area (Å²) in [5.41, 5.74) is 2.18. The van der Waals surface area contributed by atoms with E-state index in [4.69, 9.17) is 4.74 Å². The highest BCUT2D eigenvalue weighted by Gasteiger charge is 2.19. The van der Waals surface area contributed by atoms with Gasteiger partial charge < -0.3 is 15.4 Å². The van der Waals surface area contributed by atoms with Gasteiger partial charge in [-0.05, 0) is 36.4 Å². The van der Waals surface area contributed by atoms with Crippen LogP contribution in [0.3, 0.4) is 0 Å². The van der Waals surface area contributed by atoms with Gasteiger partial charge in [0.2, 0.25) is 5.88 Å². The number of nitrogens with zero attached hydrogens (tertiary/aromatic N) is 4. The maximum atomic E-state index is 13.1. The second kappa shape index (κ2) is 8.04. The summed E-state index contributed by atoms with van der Waals surface area (Å²) in [6, 6.07) is 10.7. The topological polar surface area (TPSA) is 102 Å². The first kappa shape index (κ1) is 19.0. The van der Waals surface area contributed by atoms with Crippen molar-refractivity contribution in [3.8, 4) is 17.3 Å². The molecule has 1 aliphatic heterocycles. The van der Waals surface area contributed by atoms with Crippen LogP contribution >= 0.6 is 0 Å². The lowest BCUT2D eigenvalue weighted by Gasteiger charge is -2.27. The second-order valence-electron chi connectivity index (χ2n) is 7.06. The Bertz CT molecular complexity index is 1260. The molecular weight excluding hydrogens is 399 g/mol. The third-order valence-electron chi connectivity index (χ3n) is 4.83. The number of carbonyl (C=O) groups excluding carboxylic acids is 1. The second-order valence-corrected chi connectivity index (χ2v) is 7.06. The molecule has 1 fully saturated rings. The van der Waals surface area contributed by atoms with Gasteiger partial charge >= 0.3 is 0 Å². The molecule has 2 N–H and O–H groups in total. The average Bonchev–Trinajstić information content (AvgIpc) is 2.76. The minimum atomic E-state index is -0.404. The van der Waals surface area contributed by atoms with E-state index in [0.29, 0.717) is 34.2 Å². The lowest BCUT2D eigenvalue weighted by molar-refractivity contribution is 0.102. The van der Waals surface area contributed by atoms with Gasteiger partial charge in [0.1, 0.15) is 23.4 Å². The van der Waals surface area contributed by atoms with Crippen molar-refractivity contribution in [2.75, 3.05) is 18.4 Å². The number of hydrogen-bond acceptors (Lipinski definition) is 7. The lowest BCUT2D eigenvalue weighted by Crippen LogP contribution is -2.50. The fraction of sp³-hybridized carbons (Fsp3) is 0.136. The third kappa shape index (κ3) is 4.17. The van der Waals surface area contributed by atoms with Crippen molar-refractivity contribution in [2.24, 2.45) is 0 Å². The predicted octanol–water partition coefficient (Wildman–Crippen LogP) is 2.83. The molecule has 1 saturated heterocycles. The first-order valence-corrected chi connectivity index (χ1v) is 9.67. The summed E-state index contributed by atoms with van der Waals surface area (Å²) >= 11 is 0. The predicted molar refractivity (Wildman–Crippen MR) is 112 cm³/mol. The summed E-state index contributed by atoms with van der Waals surface area (Å²) < 4.78 is 18.8. The lowest BCUT2D eigenvalue weighted by atomic mass is 10.2. The number of carbonyl (C=O) groups is 1. The highest BCUT2D eigenvalue weighted by Crippen LogP contribution is 2.22. The van der Waals surface area contributed by atoms with Gasteiger partial charge in [0.15, 0.2) is 0 Å². The van der Waals surface area contributed by atoms with Crippen LogP contribution in [0, 0.1) is 5.82 Å². The van der Waals surface area contributed by atoms with E-state index in [0.717, 1.165) is 18.5 Å². The zero-order chi connectivity index (χ0) is 21.2. The van der Waals surface area contributed by atoms with Crippen LogP contribution in [-0.2, 0) is 0 Å². The first-order valence-electron chi connectivity index (χ1n) is 9.67. The Morgan fingerprint density at radius 1 is 1.03 bits per heavy atom. The van der Waals surface area contributed by atoms with Gasteiger partial charge in [-0.15, -0.1) is 0 Å². The van der Waals surface area contributed by atoms with Crippen LogP contribution in [0.2, 0.25) is 0 Å². The fourth-order valence-electron chi connectivity index (χ4n) is 3.06. The van der Waals surface area contributed by atoms with E-state index in [-0.39, 0.29) is 12.0 Å². The fourth-order valence-corrected chi connectivity index (χ4v) is 3.06. The number of rotatable bonds is 5. The molecule has 1 amide bonds. The summed E-state index contributed by atoms with van der Waals surface area (Å²) in [5.74, 6) is 0.00300. The molecule has 8 nitrogen and oxygen atoms in total. The Morgan fingerprint density at radius 2 is 1.87 bits per heavy atom. The molecule has 0 aliphatic carbocycles. The molecule has 5 rings (SSSR count). The minimum Gasteiger partial charge on any atom is -0.471 e. The molecule has 31 heavy (non-hydrogen) atoms. The largest absolute Gasteiger partial charge is 0.471 e. The van der Waals surface area contributed by atoms with Crippen molar-refractivity contribution >= 4 is 22.6 Å². The third-order valence-corrected chi connectivity index (χ3v) is 4.83. The Balaban J connectivity index is 1.39. The summed E-state index contributed by atoms with van der Waals surface area (Å²) in [6.45, 7) is 1.58. The SMILES string of the molecule is O=C(Nc1cc2nc(-c3cncc(OC4CNC4)n3)ccc2cn1)c1ccc(F)cc1. The standard InChI is InChI=1S/C22H17FN6O2/c23-15-4-1-13(2-5-15)22(30)29-20-7-18-14(8-26-20)3-6-17(27-18)19-11-25-12-21(28-19)31-16-9-24-10-16/h1-8,11-12,16,24H,9-10H2,(H,26,29,30). The number of pyridine rings is 2. The van der Waals surface area contributed by atoms with Gasteiger partial charge in [0.05, 0.1) is 23.6 Å². The molecule has 1 aromatic carbocycles. The van der Waals surface area contributed by atoms with Crippen LogP contribution < -0.4 is 15.4 Å². The maximum absolute atomic E-state index is 13.1. The van der Waals surface area contributed by atoms with E-state index in [2.05, 4.69) is 30.6 Å². The van der Waals surface area contributed by atoms with Gasteiger partial charge in [-0.3, -0.25) is 9.78 Å². The maximum Gasteiger partial charge on any atom is 0.256 e. The van der Waals surface area contributed by atoms with E-state index >= 15 is 0 Å². The Labute approximate surface area is 176 Å². The molecule has 154 valence electrons. The normalized spacial score (nSPS) is 13.6. The van der Waals surface area contributed by atoms with Crippen LogP contribution in [0.1, 0.15) is 10.4 Å². The Kier molecular flexibility index (Phi) is 4.93. The molecule has 4 aromatic rings. The average molecular weight is 416 g/mol. The minimum absolute atomic E-state index is 0.104. The zero-order valence-corrected chi connectivity index (χ0v) is 16.2. The van der Waals surface area contributed by atoms with E-state index < -0.39 is 5.82 Å². The van der Waals surface area contributed by atoms with E-state index in [9.17, 15) is 9.18 Å². The Morgan fingerprint density at radius 3 is 2.65 bits per heavy atom. The van der Waals surface area contributed by atoms with Crippen LogP contribution in [-0.4, -0.2) is 45.0 Å². The van der Waals surface area contributed by atoms with Gasteiger partial charge in [0, 0.05) is 36.3 Å². The van der Waals surface area contributed by atoms with Crippen molar-refractivity contribution in [1.82, 2.24) is 25.3 Å². The summed E-state index contributed by atoms with van der Waals surface area (Å²) in [7, 11) is 0. The van der Waals surface area contributed by atoms with Crippen LogP contribution in [0.15, 0.2) is 61.1 Å². The number of ether oxygens (including phenoxy) is 1. The molecule has 0 saturated carbocycles. The van der Waals surface area contributed by atoms with Crippen molar-refractivity contribution in [1.29, 1.82) is 0 Å². The summed E-state index contributed by atoms with van der Waals surface area (Å²) in [6.07, 6.45) is 4.93. The van der Waals surface area contributed by atoms with Gasteiger partial charge in [-0.2, -0.15) is 0 Å². The molecule has 9 heteroatoms. The van der Waals surface area contributed by atoms with Gasteiger partial charge in [0.25, 0.3) is 5.91 Å². The number of aromatic nitrogens is 4. The number of hydrogen-bond donors (Lipinski definition) is 2. The Hall–Kier alpha value is -3.98. The number of amides is 1. The molecule has 0 atom stereocenters. The first-order chi connectivity index (χ1) is 15.1. The van der Waals surface area contributed by atoms with Crippen molar-refractivity contribution in [3.63, 3.8) is 0 Å². The van der Waals surface area contributed by atoms with Gasteiger partial charge in [-0.25, -0.2) is 19.3 Å². The molecule has 4 heterocycles. The van der Waals surface area contributed by atoms with E-state index in [1.165, 1.54) is 24.3 Å². The van der Waals surface area contributed by atoms with Crippen LogP contribution in [0.4, 0.5) is 10.2 Å². The molecule has 0 unspecified atom stereocenters. The number of fused-ring (bicyclic) bond motifs is 1. The highest BCUT2D eigenvalue weighted by molar-refractivity contribution is 6.04. The number of benzene rings is 1. The number of nitrogens with one attached hydrogen (secondary N) is 2. The van der Waals surface area contributed by atoms with Crippen molar-refractivity contribution < 1.29 is 13.9 Å². The molecule has 1 aliphatic rings. The van der Waals surface area contributed by atoms with Crippen LogP contribution in [0.25, 0.3) is 22.3 Å². The smallest absolute Gasteiger partial charge is 0.256 e. The highest BCUT2D eigenvalue weighted by atomic mass is 19.1. The van der Waals surface area contributed by atoms with E-state index in [1.54, 1.807) is 24.7 Å². The number of anilines is 1. The summed E-state index contributed by atoms with van der Waals surface area (Å²) in [4.78, 5) is 30.0. The quantitative estimate of drug-likeness (QED) is 0.516. The van der Waals surface area contributed by atoms with E-state index in [1.807, 2.05) is 12.1 Å². The molecule has 0 radical (unpaired) electrons. The summed E-state index contributed by atoms with van der Waals surface area (Å²) in [5, 5.41) is 6.66. The monoisotopic (exact) mass is 416 g/mol. The molecule has 3 aromatic heterocycles. The number of halogens is 1. The molecule has 0 bridgehead atoms. The van der Waals surface area contributed by atoms with Crippen molar-refractivity contribution in [2.45, 2.75) is 6.10 Å². The molecule has 0 spiro atoms. The van der Waals surface area contributed by atoms with Crippen LogP contribution in [0.5, 0.6) is 5.88 Å². The zero-order valence-electron chi connectivity index (χ0n) is 16.2. The molecular formula is C22H17FN6O2.